The first-order chi connectivity index (χ1) is 16.7. The maximum absolute atomic E-state index is 13.3. The molecule has 0 saturated heterocycles. The van der Waals surface area contributed by atoms with Gasteiger partial charge in [0.05, 0.1) is 12.2 Å². The number of benzene rings is 2. The third kappa shape index (κ3) is 7.36. The summed E-state index contributed by atoms with van der Waals surface area (Å²) in [5, 5.41) is 10.8. The maximum Gasteiger partial charge on any atom is 0.265 e. The molecule has 1 unspecified atom stereocenters. The summed E-state index contributed by atoms with van der Waals surface area (Å²) < 4.78 is 11.9. The summed E-state index contributed by atoms with van der Waals surface area (Å²) in [6.07, 6.45) is 1.52. The zero-order valence-electron chi connectivity index (χ0n) is 20.3. The van der Waals surface area contributed by atoms with Gasteiger partial charge in [0.2, 0.25) is 0 Å². The van der Waals surface area contributed by atoms with Crippen molar-refractivity contribution in [3.05, 3.63) is 78.0 Å². The van der Waals surface area contributed by atoms with E-state index in [2.05, 4.69) is 21.2 Å². The number of hydrazine groups is 1. The number of nitrogen functional groups attached to an aromatic ring is 1. The zero-order chi connectivity index (χ0) is 25.4. The average molecular weight is 477 g/mol. The number of carbonyl (C=O) groups excluding carboxylic acids is 1. The number of hydrogen-bond acceptors (Lipinski definition) is 7. The molecule has 35 heavy (non-hydrogen) atoms. The van der Waals surface area contributed by atoms with E-state index in [1.807, 2.05) is 39.8 Å². The molecule has 0 aliphatic rings. The van der Waals surface area contributed by atoms with E-state index < -0.39 is 6.04 Å². The Hall–Kier alpha value is -4.27. The van der Waals surface area contributed by atoms with Crippen molar-refractivity contribution in [3.63, 3.8) is 0 Å². The van der Waals surface area contributed by atoms with Crippen LogP contribution in [0.25, 0.3) is 0 Å². The maximum atomic E-state index is 13.3. The molecule has 1 aromatic heterocycles. The fraction of sp³-hybridized carbons (Fsp3) is 0.269. The zero-order valence-corrected chi connectivity index (χ0v) is 20.3. The molecule has 6 N–H and O–H groups in total. The largest absolute Gasteiger partial charge is 0.487 e. The van der Waals surface area contributed by atoms with Gasteiger partial charge in [-0.3, -0.25) is 21.1 Å². The third-order valence-electron chi connectivity index (χ3n) is 4.77. The SMILES string of the molecule is CC(C)Oc1ccc(C(Nc2ccc(C(=N)N)cc2)C(=O)NNc2ccccn2)cc1OC(C)C. The van der Waals surface area contributed by atoms with Gasteiger partial charge < -0.3 is 20.5 Å². The summed E-state index contributed by atoms with van der Waals surface area (Å²) in [6, 6.07) is 17.0. The van der Waals surface area contributed by atoms with E-state index in [0.717, 1.165) is 0 Å². The molecule has 2 aromatic carbocycles. The fourth-order valence-corrected chi connectivity index (χ4v) is 3.25. The van der Waals surface area contributed by atoms with E-state index >= 15 is 0 Å². The standard InChI is InChI=1S/C26H32N6O3/c1-16(2)34-21-13-10-19(15-22(21)35-17(3)4)24(26(33)32-31-23-7-5-6-14-29-23)30-20-11-8-18(9-12-20)25(27)28/h5-17,24,30H,1-4H3,(H3,27,28)(H,29,31)(H,32,33). The minimum absolute atomic E-state index is 0.0263. The van der Waals surface area contributed by atoms with Crippen LogP contribution < -0.4 is 31.4 Å². The number of nitrogens with two attached hydrogens (primary N) is 1. The number of nitrogens with one attached hydrogen (secondary N) is 4. The van der Waals surface area contributed by atoms with Gasteiger partial charge in [-0.15, -0.1) is 0 Å². The lowest BCUT2D eigenvalue weighted by Gasteiger charge is -2.23. The predicted molar refractivity (Wildman–Crippen MR) is 138 cm³/mol. The Balaban J connectivity index is 1.92. The third-order valence-corrected chi connectivity index (χ3v) is 4.77. The number of carbonyl (C=O) groups is 1. The first-order valence-electron chi connectivity index (χ1n) is 11.4. The lowest BCUT2D eigenvalue weighted by Crippen LogP contribution is -2.37. The van der Waals surface area contributed by atoms with Gasteiger partial charge in [-0.25, -0.2) is 4.98 Å². The summed E-state index contributed by atoms with van der Waals surface area (Å²) in [5.41, 5.74) is 13.1. The molecule has 3 rings (SSSR count). The summed E-state index contributed by atoms with van der Waals surface area (Å²) >= 11 is 0. The molecule has 1 heterocycles. The summed E-state index contributed by atoms with van der Waals surface area (Å²) in [7, 11) is 0. The molecule has 9 heteroatoms. The average Bonchev–Trinajstić information content (AvgIpc) is 2.82. The molecular formula is C26H32N6O3. The van der Waals surface area contributed by atoms with Crippen molar-refractivity contribution in [2.45, 2.75) is 45.9 Å². The Labute approximate surface area is 205 Å². The fourth-order valence-electron chi connectivity index (χ4n) is 3.25. The molecule has 1 atom stereocenters. The monoisotopic (exact) mass is 476 g/mol. The van der Waals surface area contributed by atoms with Crippen molar-refractivity contribution in [3.8, 4) is 11.5 Å². The summed E-state index contributed by atoms with van der Waals surface area (Å²) in [5.74, 6) is 1.31. The minimum Gasteiger partial charge on any atom is -0.487 e. The smallest absolute Gasteiger partial charge is 0.265 e. The van der Waals surface area contributed by atoms with Crippen LogP contribution in [0.4, 0.5) is 11.5 Å². The minimum atomic E-state index is -0.781. The summed E-state index contributed by atoms with van der Waals surface area (Å²) in [4.78, 5) is 17.5. The second-order valence-corrected chi connectivity index (χ2v) is 8.44. The summed E-state index contributed by atoms with van der Waals surface area (Å²) in [6.45, 7) is 7.75. The molecule has 3 aromatic rings. The number of hydrogen-bond donors (Lipinski definition) is 5. The van der Waals surface area contributed by atoms with Crippen LogP contribution in [0.5, 0.6) is 11.5 Å². The number of aromatic nitrogens is 1. The van der Waals surface area contributed by atoms with Crippen LogP contribution in [-0.4, -0.2) is 28.9 Å². The number of ether oxygens (including phenoxy) is 2. The molecule has 0 aliphatic heterocycles. The molecule has 9 nitrogen and oxygen atoms in total. The van der Waals surface area contributed by atoms with Gasteiger partial charge in [0, 0.05) is 17.4 Å². The number of rotatable bonds is 11. The van der Waals surface area contributed by atoms with Crippen LogP contribution in [0.15, 0.2) is 66.9 Å². The Bertz CT molecular complexity index is 1130. The van der Waals surface area contributed by atoms with Crippen molar-refractivity contribution in [1.29, 1.82) is 5.41 Å². The first-order valence-corrected chi connectivity index (χ1v) is 11.4. The highest BCUT2D eigenvalue weighted by Crippen LogP contribution is 2.33. The number of amidine groups is 1. The molecule has 0 bridgehead atoms. The van der Waals surface area contributed by atoms with Crippen molar-refractivity contribution in [1.82, 2.24) is 10.4 Å². The van der Waals surface area contributed by atoms with E-state index in [1.54, 1.807) is 54.7 Å². The van der Waals surface area contributed by atoms with E-state index in [-0.39, 0.29) is 24.0 Å². The Morgan fingerprint density at radius 3 is 2.23 bits per heavy atom. The normalized spacial score (nSPS) is 11.6. The molecule has 184 valence electrons. The molecule has 0 saturated carbocycles. The quantitative estimate of drug-likeness (QED) is 0.159. The van der Waals surface area contributed by atoms with Crippen molar-refractivity contribution >= 4 is 23.2 Å². The van der Waals surface area contributed by atoms with Crippen molar-refractivity contribution in [2.75, 3.05) is 10.7 Å². The Morgan fingerprint density at radius 1 is 0.943 bits per heavy atom. The van der Waals surface area contributed by atoms with Gasteiger partial charge in [0.25, 0.3) is 5.91 Å². The number of anilines is 2. The van der Waals surface area contributed by atoms with Crippen LogP contribution in [0.3, 0.4) is 0 Å². The Morgan fingerprint density at radius 2 is 1.63 bits per heavy atom. The molecule has 0 aliphatic carbocycles. The number of pyridine rings is 1. The molecule has 1 amide bonds. The topological polar surface area (TPSA) is 134 Å². The van der Waals surface area contributed by atoms with Gasteiger partial charge >= 0.3 is 0 Å². The van der Waals surface area contributed by atoms with Gasteiger partial charge in [-0.1, -0.05) is 12.1 Å². The highest BCUT2D eigenvalue weighted by molar-refractivity contribution is 5.95. The number of nitrogens with zero attached hydrogens (tertiary/aromatic N) is 1. The highest BCUT2D eigenvalue weighted by atomic mass is 16.5. The van der Waals surface area contributed by atoms with Gasteiger partial charge in [0.1, 0.15) is 17.7 Å². The lowest BCUT2D eigenvalue weighted by atomic mass is 10.0. The van der Waals surface area contributed by atoms with Gasteiger partial charge in [-0.05, 0) is 81.8 Å². The molecular weight excluding hydrogens is 444 g/mol. The lowest BCUT2D eigenvalue weighted by molar-refractivity contribution is -0.121. The van der Waals surface area contributed by atoms with Crippen LogP contribution in [0.2, 0.25) is 0 Å². The van der Waals surface area contributed by atoms with Crippen molar-refractivity contribution < 1.29 is 14.3 Å². The molecule has 0 fully saturated rings. The Kier molecular flexibility index (Phi) is 8.50. The predicted octanol–water partition coefficient (Wildman–Crippen LogP) is 4.24. The number of amides is 1. The molecule has 0 spiro atoms. The van der Waals surface area contributed by atoms with Gasteiger partial charge in [-0.2, -0.15) is 0 Å². The second kappa shape index (κ2) is 11.7. The van der Waals surface area contributed by atoms with E-state index in [9.17, 15) is 4.79 Å². The van der Waals surface area contributed by atoms with E-state index in [0.29, 0.717) is 34.1 Å². The van der Waals surface area contributed by atoms with E-state index in [4.69, 9.17) is 20.6 Å². The van der Waals surface area contributed by atoms with E-state index in [1.165, 1.54) is 0 Å². The highest BCUT2D eigenvalue weighted by Gasteiger charge is 2.23. The van der Waals surface area contributed by atoms with Crippen LogP contribution in [0, 0.1) is 5.41 Å². The van der Waals surface area contributed by atoms with Crippen LogP contribution >= 0.6 is 0 Å². The van der Waals surface area contributed by atoms with Crippen molar-refractivity contribution in [2.24, 2.45) is 5.73 Å². The first kappa shape index (κ1) is 25.4. The van der Waals surface area contributed by atoms with Gasteiger partial charge in [0.15, 0.2) is 11.5 Å². The molecule has 0 radical (unpaired) electrons. The van der Waals surface area contributed by atoms with Crippen LogP contribution in [0.1, 0.15) is 44.9 Å². The second-order valence-electron chi connectivity index (χ2n) is 8.44. The van der Waals surface area contributed by atoms with Crippen LogP contribution in [-0.2, 0) is 4.79 Å².